The molecule has 0 amide bonds. The normalized spacial score (nSPS) is 15.9. The Balaban J connectivity index is 2.05. The predicted molar refractivity (Wildman–Crippen MR) is 72.5 cm³/mol. The Morgan fingerprint density at radius 3 is 2.65 bits per heavy atom. The summed E-state index contributed by atoms with van der Waals surface area (Å²) in [5.41, 5.74) is 1.06. The summed E-state index contributed by atoms with van der Waals surface area (Å²) in [5.74, 6) is 0.886. The van der Waals surface area contributed by atoms with Crippen molar-refractivity contribution in [3.63, 3.8) is 0 Å². The Morgan fingerprint density at radius 2 is 2.12 bits per heavy atom. The molecule has 0 spiro atoms. The van der Waals surface area contributed by atoms with E-state index in [1.165, 1.54) is 12.8 Å². The third-order valence-corrected chi connectivity index (χ3v) is 3.75. The fourth-order valence-electron chi connectivity index (χ4n) is 1.86. The van der Waals surface area contributed by atoms with E-state index in [4.69, 9.17) is 23.2 Å². The lowest BCUT2D eigenvalue weighted by molar-refractivity contribution is 0.203. The highest BCUT2D eigenvalue weighted by Gasteiger charge is 2.25. The highest BCUT2D eigenvalue weighted by molar-refractivity contribution is 6.34. The van der Waals surface area contributed by atoms with Crippen molar-refractivity contribution in [1.82, 2.24) is 9.88 Å². The maximum atomic E-state index is 6.18. The summed E-state index contributed by atoms with van der Waals surface area (Å²) >= 11 is 12.0. The molecule has 2 rings (SSSR count). The zero-order valence-electron chi connectivity index (χ0n) is 10.3. The summed E-state index contributed by atoms with van der Waals surface area (Å²) in [6.07, 6.45) is 4.53. The largest absolute Gasteiger partial charge is 0.296 e. The van der Waals surface area contributed by atoms with Crippen molar-refractivity contribution in [2.45, 2.75) is 39.3 Å². The topological polar surface area (TPSA) is 16.1 Å². The van der Waals surface area contributed by atoms with Gasteiger partial charge >= 0.3 is 0 Å². The zero-order valence-corrected chi connectivity index (χ0v) is 11.8. The first-order chi connectivity index (χ1) is 8.06. The average Bonchev–Trinajstić information content (AvgIpc) is 3.04. The van der Waals surface area contributed by atoms with Crippen molar-refractivity contribution >= 4 is 23.2 Å². The number of hydrogen-bond donors (Lipinski definition) is 0. The van der Waals surface area contributed by atoms with Gasteiger partial charge in [-0.05, 0) is 38.7 Å². The quantitative estimate of drug-likeness (QED) is 0.753. The van der Waals surface area contributed by atoms with E-state index in [-0.39, 0.29) is 0 Å². The zero-order chi connectivity index (χ0) is 12.4. The molecule has 0 unspecified atom stereocenters. The number of rotatable bonds is 5. The van der Waals surface area contributed by atoms with Gasteiger partial charge in [0, 0.05) is 35.9 Å². The fraction of sp³-hybridized carbons (Fsp3) is 0.615. The van der Waals surface area contributed by atoms with E-state index < -0.39 is 0 Å². The van der Waals surface area contributed by atoms with Crippen LogP contribution in [0.15, 0.2) is 12.3 Å². The van der Waals surface area contributed by atoms with Gasteiger partial charge in [0.1, 0.15) is 5.15 Å². The highest BCUT2D eigenvalue weighted by atomic mass is 35.5. The summed E-state index contributed by atoms with van der Waals surface area (Å²) in [6.45, 7) is 6.47. The molecule has 1 aromatic rings. The minimum atomic E-state index is 0.456. The molecule has 4 heteroatoms. The number of pyridine rings is 1. The average molecular weight is 273 g/mol. The second kappa shape index (κ2) is 5.55. The van der Waals surface area contributed by atoms with Gasteiger partial charge in [0.15, 0.2) is 0 Å². The van der Waals surface area contributed by atoms with Crippen LogP contribution in [-0.4, -0.2) is 22.5 Å². The van der Waals surface area contributed by atoms with E-state index in [0.29, 0.717) is 16.2 Å². The first-order valence-electron chi connectivity index (χ1n) is 6.10. The minimum absolute atomic E-state index is 0.456. The monoisotopic (exact) mass is 272 g/mol. The summed E-state index contributed by atoms with van der Waals surface area (Å²) < 4.78 is 0. The van der Waals surface area contributed by atoms with Crippen molar-refractivity contribution in [3.05, 3.63) is 28.0 Å². The smallest absolute Gasteiger partial charge is 0.130 e. The van der Waals surface area contributed by atoms with Crippen LogP contribution < -0.4 is 0 Å². The SMILES string of the molecule is CC(C)N(Cc1cnc(Cl)cc1Cl)CC1CC1. The van der Waals surface area contributed by atoms with Crippen LogP contribution >= 0.6 is 23.2 Å². The molecule has 0 aliphatic heterocycles. The molecule has 0 atom stereocenters. The number of aromatic nitrogens is 1. The Morgan fingerprint density at radius 1 is 1.41 bits per heavy atom. The van der Waals surface area contributed by atoms with Crippen LogP contribution in [-0.2, 0) is 6.54 Å². The van der Waals surface area contributed by atoms with Gasteiger partial charge in [-0.2, -0.15) is 0 Å². The van der Waals surface area contributed by atoms with Crippen LogP contribution in [0.2, 0.25) is 10.2 Å². The van der Waals surface area contributed by atoms with E-state index in [9.17, 15) is 0 Å². The van der Waals surface area contributed by atoms with Crippen molar-refractivity contribution in [2.75, 3.05) is 6.54 Å². The second-order valence-corrected chi connectivity index (χ2v) is 5.86. The van der Waals surface area contributed by atoms with Crippen LogP contribution in [0.1, 0.15) is 32.3 Å². The molecule has 1 heterocycles. The number of halogens is 2. The van der Waals surface area contributed by atoms with Gasteiger partial charge in [0.05, 0.1) is 0 Å². The number of hydrogen-bond acceptors (Lipinski definition) is 2. The molecule has 94 valence electrons. The third kappa shape index (κ3) is 3.84. The van der Waals surface area contributed by atoms with Gasteiger partial charge < -0.3 is 0 Å². The summed E-state index contributed by atoms with van der Waals surface area (Å²) in [6, 6.07) is 2.25. The molecule has 1 aliphatic rings. The molecular weight excluding hydrogens is 255 g/mol. The summed E-state index contributed by atoms with van der Waals surface area (Å²) in [5, 5.41) is 1.17. The van der Waals surface area contributed by atoms with Gasteiger partial charge in [-0.25, -0.2) is 4.98 Å². The first-order valence-corrected chi connectivity index (χ1v) is 6.86. The van der Waals surface area contributed by atoms with Gasteiger partial charge in [-0.1, -0.05) is 23.2 Å². The first kappa shape index (κ1) is 13.1. The maximum absolute atomic E-state index is 6.18. The van der Waals surface area contributed by atoms with Gasteiger partial charge in [-0.15, -0.1) is 0 Å². The van der Waals surface area contributed by atoms with Gasteiger partial charge in [-0.3, -0.25) is 4.90 Å². The molecule has 2 nitrogen and oxygen atoms in total. The molecule has 1 fully saturated rings. The Hall–Kier alpha value is -0.310. The maximum Gasteiger partial charge on any atom is 0.130 e. The fourth-order valence-corrected chi connectivity index (χ4v) is 2.29. The molecule has 17 heavy (non-hydrogen) atoms. The molecule has 0 radical (unpaired) electrons. The molecule has 1 aliphatic carbocycles. The molecular formula is C13H18Cl2N2. The number of nitrogens with zero attached hydrogens (tertiary/aromatic N) is 2. The van der Waals surface area contributed by atoms with Gasteiger partial charge in [0.2, 0.25) is 0 Å². The molecule has 0 N–H and O–H groups in total. The van der Waals surface area contributed by atoms with E-state index in [1.54, 1.807) is 12.3 Å². The molecule has 0 aromatic carbocycles. The summed E-state index contributed by atoms with van der Waals surface area (Å²) in [4.78, 5) is 6.55. The van der Waals surface area contributed by atoms with Crippen molar-refractivity contribution in [1.29, 1.82) is 0 Å². The van der Waals surface area contributed by atoms with E-state index in [0.717, 1.165) is 24.6 Å². The molecule has 1 aromatic heterocycles. The van der Waals surface area contributed by atoms with Crippen molar-refractivity contribution < 1.29 is 0 Å². The minimum Gasteiger partial charge on any atom is -0.296 e. The van der Waals surface area contributed by atoms with E-state index in [1.807, 2.05) is 0 Å². The Bertz CT molecular complexity index is 389. The van der Waals surface area contributed by atoms with Crippen LogP contribution in [0.25, 0.3) is 0 Å². The summed E-state index contributed by atoms with van der Waals surface area (Å²) in [7, 11) is 0. The molecule has 1 saturated carbocycles. The highest BCUT2D eigenvalue weighted by Crippen LogP contribution is 2.31. The second-order valence-electron chi connectivity index (χ2n) is 5.07. The van der Waals surface area contributed by atoms with E-state index in [2.05, 4.69) is 23.7 Å². The standard InChI is InChI=1S/C13H18Cl2N2/c1-9(2)17(7-10-3-4-10)8-11-6-16-13(15)5-12(11)14/h5-6,9-10H,3-4,7-8H2,1-2H3. The molecule has 0 bridgehead atoms. The molecule has 0 saturated heterocycles. The Labute approximate surface area is 113 Å². The van der Waals surface area contributed by atoms with Crippen LogP contribution in [0.4, 0.5) is 0 Å². The lowest BCUT2D eigenvalue weighted by Crippen LogP contribution is -2.32. The van der Waals surface area contributed by atoms with Crippen molar-refractivity contribution in [3.8, 4) is 0 Å². The van der Waals surface area contributed by atoms with Crippen LogP contribution in [0.3, 0.4) is 0 Å². The third-order valence-electron chi connectivity index (χ3n) is 3.19. The lowest BCUT2D eigenvalue weighted by Gasteiger charge is -2.26. The van der Waals surface area contributed by atoms with Gasteiger partial charge in [0.25, 0.3) is 0 Å². The van der Waals surface area contributed by atoms with Crippen LogP contribution in [0, 0.1) is 5.92 Å². The van der Waals surface area contributed by atoms with Crippen LogP contribution in [0.5, 0.6) is 0 Å². The lowest BCUT2D eigenvalue weighted by atomic mass is 10.2. The predicted octanol–water partition coefficient (Wildman–Crippen LogP) is 4.01. The van der Waals surface area contributed by atoms with E-state index >= 15 is 0 Å². The van der Waals surface area contributed by atoms with Crippen molar-refractivity contribution in [2.24, 2.45) is 5.92 Å². The Kier molecular flexibility index (Phi) is 4.29.